The SMILES string of the molecule is CCOCCCNC(=O)c1ccc(Nc2nccc(Nc3c(NC(C)(C)C)c(=O)c3=O)n2)cc1. The molecule has 2 aromatic carbocycles. The summed E-state index contributed by atoms with van der Waals surface area (Å²) in [4.78, 5) is 44.7. The number of carbonyl (C=O) groups is 1. The molecule has 0 bridgehead atoms. The molecule has 3 rings (SSSR count). The van der Waals surface area contributed by atoms with Gasteiger partial charge in [-0.15, -0.1) is 0 Å². The van der Waals surface area contributed by atoms with Gasteiger partial charge >= 0.3 is 0 Å². The van der Waals surface area contributed by atoms with Gasteiger partial charge in [-0.1, -0.05) is 0 Å². The van der Waals surface area contributed by atoms with Gasteiger partial charge in [0, 0.05) is 42.7 Å². The topological polar surface area (TPSA) is 134 Å². The van der Waals surface area contributed by atoms with Gasteiger partial charge in [0.05, 0.1) is 0 Å². The molecule has 0 spiro atoms. The highest BCUT2D eigenvalue weighted by Gasteiger charge is 2.25. The van der Waals surface area contributed by atoms with E-state index < -0.39 is 10.9 Å². The molecule has 1 aromatic heterocycles. The number of aromatic nitrogens is 2. The molecule has 0 unspecified atom stereocenters. The number of amides is 1. The number of nitrogens with zero attached hydrogens (tertiary/aromatic N) is 2. The quantitative estimate of drug-likeness (QED) is 0.248. The highest BCUT2D eigenvalue weighted by molar-refractivity contribution is 5.94. The molecule has 0 atom stereocenters. The second-order valence-electron chi connectivity index (χ2n) is 8.68. The van der Waals surface area contributed by atoms with E-state index in [1.807, 2.05) is 27.7 Å². The average molecular weight is 467 g/mol. The van der Waals surface area contributed by atoms with Crippen molar-refractivity contribution >= 4 is 34.7 Å². The van der Waals surface area contributed by atoms with Crippen molar-refractivity contribution in [3.05, 3.63) is 62.5 Å². The fraction of sp³-hybridized carbons (Fsp3) is 0.375. The van der Waals surface area contributed by atoms with E-state index in [1.165, 1.54) is 6.20 Å². The molecule has 0 saturated heterocycles. The van der Waals surface area contributed by atoms with Gasteiger partial charge in [-0.25, -0.2) is 4.98 Å². The zero-order chi connectivity index (χ0) is 24.7. The molecule has 0 aliphatic carbocycles. The third kappa shape index (κ3) is 6.61. The van der Waals surface area contributed by atoms with Crippen molar-refractivity contribution in [2.45, 2.75) is 39.7 Å². The fourth-order valence-electron chi connectivity index (χ4n) is 3.08. The van der Waals surface area contributed by atoms with Crippen LogP contribution in [0.4, 0.5) is 28.8 Å². The molecule has 4 N–H and O–H groups in total. The summed E-state index contributed by atoms with van der Waals surface area (Å²) in [7, 11) is 0. The molecule has 0 aliphatic heterocycles. The Bertz CT molecular complexity index is 1190. The van der Waals surface area contributed by atoms with Crippen LogP contribution in [0.3, 0.4) is 0 Å². The minimum absolute atomic E-state index is 0.154. The maximum Gasteiger partial charge on any atom is 0.253 e. The van der Waals surface area contributed by atoms with E-state index >= 15 is 0 Å². The van der Waals surface area contributed by atoms with Crippen LogP contribution in [0.2, 0.25) is 0 Å². The summed E-state index contributed by atoms with van der Waals surface area (Å²) >= 11 is 0. The minimum Gasteiger partial charge on any atom is -0.382 e. The molecular weight excluding hydrogens is 436 g/mol. The van der Waals surface area contributed by atoms with Crippen molar-refractivity contribution in [1.29, 1.82) is 0 Å². The Morgan fingerprint density at radius 2 is 1.71 bits per heavy atom. The van der Waals surface area contributed by atoms with Crippen LogP contribution >= 0.6 is 0 Å². The lowest BCUT2D eigenvalue weighted by Crippen LogP contribution is -2.41. The molecule has 10 heteroatoms. The molecule has 0 aliphatic rings. The van der Waals surface area contributed by atoms with E-state index in [2.05, 4.69) is 31.2 Å². The van der Waals surface area contributed by atoms with E-state index in [-0.39, 0.29) is 22.8 Å². The van der Waals surface area contributed by atoms with Crippen LogP contribution < -0.4 is 32.1 Å². The van der Waals surface area contributed by atoms with Crippen LogP contribution in [0.15, 0.2) is 46.1 Å². The van der Waals surface area contributed by atoms with Gasteiger partial charge in [-0.05, 0) is 64.4 Å². The highest BCUT2D eigenvalue weighted by Crippen LogP contribution is 2.23. The Hall–Kier alpha value is -3.79. The van der Waals surface area contributed by atoms with Crippen LogP contribution in [0.25, 0.3) is 0 Å². The number of hydrogen-bond acceptors (Lipinski definition) is 9. The normalized spacial score (nSPS) is 11.3. The lowest BCUT2D eigenvalue weighted by Gasteiger charge is -2.24. The van der Waals surface area contributed by atoms with Gasteiger partial charge in [0.2, 0.25) is 5.95 Å². The lowest BCUT2D eigenvalue weighted by molar-refractivity contribution is 0.0944. The predicted molar refractivity (Wildman–Crippen MR) is 133 cm³/mol. The van der Waals surface area contributed by atoms with Gasteiger partial charge in [-0.3, -0.25) is 14.4 Å². The van der Waals surface area contributed by atoms with Crippen molar-refractivity contribution in [3.8, 4) is 0 Å². The number of ether oxygens (including phenoxy) is 1. The van der Waals surface area contributed by atoms with E-state index in [0.717, 1.165) is 6.42 Å². The number of hydrogen-bond donors (Lipinski definition) is 4. The summed E-state index contributed by atoms with van der Waals surface area (Å²) < 4.78 is 5.25. The molecule has 34 heavy (non-hydrogen) atoms. The molecule has 0 fully saturated rings. The van der Waals surface area contributed by atoms with E-state index in [1.54, 1.807) is 30.3 Å². The fourth-order valence-corrected chi connectivity index (χ4v) is 3.08. The number of rotatable bonds is 11. The molecular formula is C24H30N6O4. The van der Waals surface area contributed by atoms with Crippen LogP contribution in [0.1, 0.15) is 44.5 Å². The van der Waals surface area contributed by atoms with E-state index in [9.17, 15) is 14.4 Å². The van der Waals surface area contributed by atoms with E-state index in [4.69, 9.17) is 4.74 Å². The second kappa shape index (κ2) is 10.9. The third-order valence-electron chi connectivity index (χ3n) is 4.68. The second-order valence-corrected chi connectivity index (χ2v) is 8.68. The van der Waals surface area contributed by atoms with Gasteiger partial charge in [0.1, 0.15) is 17.2 Å². The Kier molecular flexibility index (Phi) is 7.95. The molecule has 1 amide bonds. The first-order valence-corrected chi connectivity index (χ1v) is 11.1. The molecule has 1 heterocycles. The summed E-state index contributed by atoms with van der Waals surface area (Å²) in [6, 6.07) is 8.51. The largest absolute Gasteiger partial charge is 0.382 e. The van der Waals surface area contributed by atoms with Crippen LogP contribution in [0, 0.1) is 0 Å². The summed E-state index contributed by atoms with van der Waals surface area (Å²) in [5, 5.41) is 11.9. The molecule has 10 nitrogen and oxygen atoms in total. The standard InChI is InChI=1S/C24H30N6O4/c1-5-34-14-6-12-25-22(33)15-7-9-16(10-8-15)27-23-26-13-11-17(29-23)28-18-19(21(32)20(18)31)30-24(2,3)4/h7-11,13,30H,5-6,12,14H2,1-4H3,(H,25,33)(H2,26,27,28,29). The number of nitrogens with one attached hydrogen (secondary N) is 4. The van der Waals surface area contributed by atoms with Crippen LogP contribution in [-0.2, 0) is 4.74 Å². The monoisotopic (exact) mass is 466 g/mol. The predicted octanol–water partition coefficient (Wildman–Crippen LogP) is 2.93. The highest BCUT2D eigenvalue weighted by atomic mass is 16.5. The Morgan fingerprint density at radius 1 is 1.00 bits per heavy atom. The summed E-state index contributed by atoms with van der Waals surface area (Å²) in [6.07, 6.45) is 2.29. The first-order valence-electron chi connectivity index (χ1n) is 11.1. The first kappa shape index (κ1) is 24.8. The first-order chi connectivity index (χ1) is 16.2. The van der Waals surface area contributed by atoms with Gasteiger partial charge in [0.15, 0.2) is 0 Å². The van der Waals surface area contributed by atoms with Crippen molar-refractivity contribution in [1.82, 2.24) is 15.3 Å². The summed E-state index contributed by atoms with van der Waals surface area (Å²) in [5.41, 5.74) is 0.142. The zero-order valence-electron chi connectivity index (χ0n) is 19.8. The maximum atomic E-state index is 12.2. The lowest BCUT2D eigenvalue weighted by atomic mass is 10.1. The summed E-state index contributed by atoms with van der Waals surface area (Å²) in [6.45, 7) is 9.46. The Balaban J connectivity index is 1.61. The number of benzene rings is 1. The third-order valence-corrected chi connectivity index (χ3v) is 4.68. The molecule has 180 valence electrons. The molecule has 0 radical (unpaired) electrons. The van der Waals surface area contributed by atoms with Gasteiger partial charge < -0.3 is 26.0 Å². The Labute approximate surface area is 197 Å². The van der Waals surface area contributed by atoms with Gasteiger partial charge in [0.25, 0.3) is 16.8 Å². The van der Waals surface area contributed by atoms with E-state index in [0.29, 0.717) is 42.8 Å². The number of carbonyl (C=O) groups excluding carboxylic acids is 1. The van der Waals surface area contributed by atoms with Crippen molar-refractivity contribution in [3.63, 3.8) is 0 Å². The molecule has 3 aromatic rings. The Morgan fingerprint density at radius 3 is 2.38 bits per heavy atom. The smallest absolute Gasteiger partial charge is 0.253 e. The van der Waals surface area contributed by atoms with Crippen LogP contribution in [-0.4, -0.2) is 41.2 Å². The summed E-state index contributed by atoms with van der Waals surface area (Å²) in [5.74, 6) is 0.505. The molecule has 0 saturated carbocycles. The maximum absolute atomic E-state index is 12.2. The average Bonchev–Trinajstić information content (AvgIpc) is 2.81. The van der Waals surface area contributed by atoms with Crippen LogP contribution in [0.5, 0.6) is 0 Å². The van der Waals surface area contributed by atoms with Crippen molar-refractivity contribution in [2.75, 3.05) is 35.7 Å². The minimum atomic E-state index is -0.591. The van der Waals surface area contributed by atoms with Gasteiger partial charge in [-0.2, -0.15) is 4.98 Å². The number of anilines is 5. The van der Waals surface area contributed by atoms with Crippen molar-refractivity contribution < 1.29 is 9.53 Å². The zero-order valence-corrected chi connectivity index (χ0v) is 19.8. The van der Waals surface area contributed by atoms with Crippen molar-refractivity contribution in [2.24, 2.45) is 0 Å².